The highest BCUT2D eigenvalue weighted by Crippen LogP contribution is 2.29. The minimum atomic E-state index is 0.370. The van der Waals surface area contributed by atoms with Gasteiger partial charge in [-0.05, 0) is 25.2 Å². The lowest BCUT2D eigenvalue weighted by Crippen LogP contribution is -2.41. The van der Waals surface area contributed by atoms with Crippen molar-refractivity contribution in [1.29, 1.82) is 0 Å². The fourth-order valence-electron chi connectivity index (χ4n) is 4.14. The minimum absolute atomic E-state index is 0.370. The predicted molar refractivity (Wildman–Crippen MR) is 87.6 cm³/mol. The zero-order chi connectivity index (χ0) is 15.4. The van der Waals surface area contributed by atoms with E-state index in [-0.39, 0.29) is 0 Å². The summed E-state index contributed by atoms with van der Waals surface area (Å²) in [5.74, 6) is 2.32. The Morgan fingerprint density at radius 2 is 2.09 bits per heavy atom. The Bertz CT molecular complexity index is 490. The number of likely N-dealkylation sites (tertiary alicyclic amines) is 1. The SMILES string of the molecule is CCc1nccn1[C@@H]1CCCN(C(=O)CCC2CCCC2)C1. The zero-order valence-corrected chi connectivity index (χ0v) is 13.8. The Labute approximate surface area is 133 Å². The average Bonchev–Trinajstić information content (AvgIpc) is 3.23. The zero-order valence-electron chi connectivity index (χ0n) is 13.8. The summed E-state index contributed by atoms with van der Waals surface area (Å²) in [7, 11) is 0. The van der Waals surface area contributed by atoms with E-state index in [1.54, 1.807) is 0 Å². The number of hydrogen-bond donors (Lipinski definition) is 0. The van der Waals surface area contributed by atoms with E-state index in [2.05, 4.69) is 27.6 Å². The summed E-state index contributed by atoms with van der Waals surface area (Å²) in [6.07, 6.45) is 14.5. The lowest BCUT2D eigenvalue weighted by atomic mass is 10.00. The molecule has 1 aliphatic carbocycles. The van der Waals surface area contributed by atoms with Crippen LogP contribution in [0.15, 0.2) is 12.4 Å². The molecule has 1 amide bonds. The Morgan fingerprint density at radius 3 is 2.86 bits per heavy atom. The van der Waals surface area contributed by atoms with Crippen LogP contribution in [0.3, 0.4) is 0 Å². The van der Waals surface area contributed by atoms with Gasteiger partial charge in [0.05, 0.1) is 6.04 Å². The first-order chi connectivity index (χ1) is 10.8. The first-order valence-electron chi connectivity index (χ1n) is 9.07. The van der Waals surface area contributed by atoms with Crippen molar-refractivity contribution in [2.24, 2.45) is 5.92 Å². The molecule has 0 aromatic carbocycles. The van der Waals surface area contributed by atoms with Crippen molar-refractivity contribution in [1.82, 2.24) is 14.5 Å². The van der Waals surface area contributed by atoms with Crippen LogP contribution in [0.25, 0.3) is 0 Å². The molecule has 2 aliphatic rings. The van der Waals surface area contributed by atoms with Gasteiger partial charge in [-0.3, -0.25) is 4.79 Å². The summed E-state index contributed by atoms with van der Waals surface area (Å²) in [6, 6.07) is 0.418. The van der Waals surface area contributed by atoms with E-state index >= 15 is 0 Å². The van der Waals surface area contributed by atoms with E-state index in [9.17, 15) is 4.79 Å². The van der Waals surface area contributed by atoms with Crippen LogP contribution in [0.5, 0.6) is 0 Å². The van der Waals surface area contributed by atoms with Crippen molar-refractivity contribution in [2.75, 3.05) is 13.1 Å². The molecule has 0 N–H and O–H groups in total. The number of nitrogens with zero attached hydrogens (tertiary/aromatic N) is 3. The first kappa shape index (κ1) is 15.6. The molecule has 1 atom stereocenters. The summed E-state index contributed by atoms with van der Waals surface area (Å²) >= 11 is 0. The Morgan fingerprint density at radius 1 is 1.27 bits per heavy atom. The van der Waals surface area contributed by atoms with E-state index in [0.717, 1.165) is 56.9 Å². The van der Waals surface area contributed by atoms with Gasteiger partial charge in [-0.1, -0.05) is 32.6 Å². The number of piperidine rings is 1. The van der Waals surface area contributed by atoms with Gasteiger partial charge >= 0.3 is 0 Å². The molecule has 0 spiro atoms. The number of carbonyl (C=O) groups excluding carboxylic acids is 1. The molecule has 0 bridgehead atoms. The van der Waals surface area contributed by atoms with E-state index < -0.39 is 0 Å². The molecule has 1 aromatic rings. The molecule has 0 unspecified atom stereocenters. The third kappa shape index (κ3) is 3.53. The fourth-order valence-corrected chi connectivity index (χ4v) is 4.14. The van der Waals surface area contributed by atoms with E-state index in [1.165, 1.54) is 25.7 Å². The van der Waals surface area contributed by atoms with Gasteiger partial charge in [0.2, 0.25) is 5.91 Å². The number of aromatic nitrogens is 2. The molecule has 22 heavy (non-hydrogen) atoms. The third-order valence-corrected chi connectivity index (χ3v) is 5.45. The van der Waals surface area contributed by atoms with Crippen LogP contribution in [0.1, 0.15) is 70.2 Å². The van der Waals surface area contributed by atoms with Gasteiger partial charge in [0.15, 0.2) is 0 Å². The summed E-state index contributed by atoms with van der Waals surface area (Å²) in [5.41, 5.74) is 0. The maximum atomic E-state index is 12.5. The van der Waals surface area contributed by atoms with Crippen molar-refractivity contribution >= 4 is 5.91 Å². The molecule has 1 aliphatic heterocycles. The second-order valence-corrected chi connectivity index (χ2v) is 6.93. The molecule has 4 heteroatoms. The highest BCUT2D eigenvalue weighted by Gasteiger charge is 2.26. The van der Waals surface area contributed by atoms with Crippen LogP contribution >= 0.6 is 0 Å². The molecule has 1 aromatic heterocycles. The number of aryl methyl sites for hydroxylation is 1. The Balaban J connectivity index is 1.54. The molecule has 4 nitrogen and oxygen atoms in total. The fraction of sp³-hybridized carbons (Fsp3) is 0.778. The first-order valence-corrected chi connectivity index (χ1v) is 9.07. The molecule has 0 radical (unpaired) electrons. The molecule has 2 fully saturated rings. The van der Waals surface area contributed by atoms with Crippen LogP contribution in [-0.4, -0.2) is 33.4 Å². The maximum absolute atomic E-state index is 12.5. The van der Waals surface area contributed by atoms with Gasteiger partial charge < -0.3 is 9.47 Å². The van der Waals surface area contributed by atoms with Gasteiger partial charge in [0.25, 0.3) is 0 Å². The Kier molecular flexibility index (Phi) is 5.16. The summed E-state index contributed by atoms with van der Waals surface area (Å²) in [6.45, 7) is 3.95. The number of amides is 1. The van der Waals surface area contributed by atoms with Crippen LogP contribution in [0, 0.1) is 5.92 Å². The quantitative estimate of drug-likeness (QED) is 0.834. The van der Waals surface area contributed by atoms with Crippen LogP contribution in [0.4, 0.5) is 0 Å². The van der Waals surface area contributed by atoms with Gasteiger partial charge in [0.1, 0.15) is 5.82 Å². The maximum Gasteiger partial charge on any atom is 0.222 e. The smallest absolute Gasteiger partial charge is 0.222 e. The highest BCUT2D eigenvalue weighted by molar-refractivity contribution is 5.76. The lowest BCUT2D eigenvalue weighted by molar-refractivity contribution is -0.133. The van der Waals surface area contributed by atoms with Crippen LogP contribution < -0.4 is 0 Å². The van der Waals surface area contributed by atoms with E-state index in [4.69, 9.17) is 0 Å². The summed E-state index contributed by atoms with van der Waals surface area (Å²) in [4.78, 5) is 19.1. The van der Waals surface area contributed by atoms with Gasteiger partial charge in [0, 0.05) is 38.3 Å². The second-order valence-electron chi connectivity index (χ2n) is 6.93. The average molecular weight is 303 g/mol. The standard InChI is InChI=1S/C18H29N3O/c1-2-17-19-11-13-21(17)16-8-5-12-20(14-16)18(22)10-9-15-6-3-4-7-15/h11,13,15-16H,2-10,12,14H2,1H3/t16-/m1/s1. The number of rotatable bonds is 5. The van der Waals surface area contributed by atoms with Crippen LogP contribution in [-0.2, 0) is 11.2 Å². The van der Waals surface area contributed by atoms with Gasteiger partial charge in [-0.15, -0.1) is 0 Å². The monoisotopic (exact) mass is 303 g/mol. The Hall–Kier alpha value is -1.32. The molecule has 122 valence electrons. The molecular weight excluding hydrogens is 274 g/mol. The van der Waals surface area contributed by atoms with Gasteiger partial charge in [-0.25, -0.2) is 4.98 Å². The lowest BCUT2D eigenvalue weighted by Gasteiger charge is -2.34. The molecule has 2 heterocycles. The minimum Gasteiger partial charge on any atom is -0.341 e. The summed E-state index contributed by atoms with van der Waals surface area (Å²) < 4.78 is 2.29. The predicted octanol–water partition coefficient (Wildman–Crippen LogP) is 3.58. The van der Waals surface area contributed by atoms with E-state index in [1.807, 2.05) is 6.20 Å². The molecular formula is C18H29N3O. The van der Waals surface area contributed by atoms with Crippen molar-refractivity contribution in [3.63, 3.8) is 0 Å². The summed E-state index contributed by atoms with van der Waals surface area (Å²) in [5, 5.41) is 0. The van der Waals surface area contributed by atoms with Crippen LogP contribution in [0.2, 0.25) is 0 Å². The molecule has 1 saturated carbocycles. The third-order valence-electron chi connectivity index (χ3n) is 5.45. The number of carbonyl (C=O) groups is 1. The van der Waals surface area contributed by atoms with Crippen molar-refractivity contribution in [2.45, 2.75) is 70.8 Å². The van der Waals surface area contributed by atoms with Crippen molar-refractivity contribution < 1.29 is 4.79 Å². The van der Waals surface area contributed by atoms with Crippen molar-refractivity contribution in [3.05, 3.63) is 18.2 Å². The highest BCUT2D eigenvalue weighted by atomic mass is 16.2. The molecule has 1 saturated heterocycles. The normalized spacial score (nSPS) is 23.1. The molecule has 3 rings (SSSR count). The number of hydrogen-bond acceptors (Lipinski definition) is 2. The van der Waals surface area contributed by atoms with Crippen molar-refractivity contribution in [3.8, 4) is 0 Å². The second kappa shape index (κ2) is 7.30. The van der Waals surface area contributed by atoms with Gasteiger partial charge in [-0.2, -0.15) is 0 Å². The van der Waals surface area contributed by atoms with E-state index in [0.29, 0.717) is 11.9 Å². The largest absolute Gasteiger partial charge is 0.341 e. The number of imidazole rings is 1. The topological polar surface area (TPSA) is 38.1 Å².